The minimum atomic E-state index is -0.0153. The molecule has 0 spiro atoms. The van der Waals surface area contributed by atoms with E-state index in [4.69, 9.17) is 10.5 Å². The van der Waals surface area contributed by atoms with E-state index in [1.165, 1.54) is 0 Å². The Labute approximate surface area is 104 Å². The van der Waals surface area contributed by atoms with Crippen molar-refractivity contribution in [3.8, 4) is 0 Å². The highest BCUT2D eigenvalue weighted by molar-refractivity contribution is 5.79. The Morgan fingerprint density at radius 2 is 2.24 bits per heavy atom. The van der Waals surface area contributed by atoms with Crippen molar-refractivity contribution in [1.29, 1.82) is 0 Å². The van der Waals surface area contributed by atoms with E-state index < -0.39 is 0 Å². The van der Waals surface area contributed by atoms with Crippen molar-refractivity contribution in [3.05, 3.63) is 0 Å². The van der Waals surface area contributed by atoms with Crippen LogP contribution >= 0.6 is 0 Å². The topological polar surface area (TPSA) is 64.3 Å². The Kier molecular flexibility index (Phi) is 5.92. The molecule has 4 atom stereocenters. The molecule has 1 aliphatic rings. The number of carbonyl (C=O) groups is 1. The SMILES string of the molecule is COCC(C)CNC(=O)C1C(C)CCCC1N. The molecule has 0 bridgehead atoms. The summed E-state index contributed by atoms with van der Waals surface area (Å²) in [4.78, 5) is 12.1. The zero-order valence-corrected chi connectivity index (χ0v) is 11.2. The lowest BCUT2D eigenvalue weighted by Crippen LogP contribution is -2.48. The van der Waals surface area contributed by atoms with Gasteiger partial charge in [0.1, 0.15) is 0 Å². The quantitative estimate of drug-likeness (QED) is 0.760. The molecule has 1 fully saturated rings. The van der Waals surface area contributed by atoms with E-state index in [9.17, 15) is 4.79 Å². The average Bonchev–Trinajstić information content (AvgIpc) is 2.26. The second-order valence-electron chi connectivity index (χ2n) is 5.40. The maximum Gasteiger partial charge on any atom is 0.224 e. The number of ether oxygens (including phenoxy) is 1. The molecule has 1 saturated carbocycles. The normalized spacial score (nSPS) is 30.9. The van der Waals surface area contributed by atoms with Gasteiger partial charge in [0, 0.05) is 19.7 Å². The Hall–Kier alpha value is -0.610. The molecule has 3 N–H and O–H groups in total. The van der Waals surface area contributed by atoms with Crippen molar-refractivity contribution in [2.75, 3.05) is 20.3 Å². The van der Waals surface area contributed by atoms with Crippen molar-refractivity contribution in [1.82, 2.24) is 5.32 Å². The van der Waals surface area contributed by atoms with Crippen LogP contribution in [0.4, 0.5) is 0 Å². The summed E-state index contributed by atoms with van der Waals surface area (Å²) in [6, 6.07) is 0.0245. The van der Waals surface area contributed by atoms with Crippen LogP contribution in [0.1, 0.15) is 33.1 Å². The minimum Gasteiger partial charge on any atom is -0.384 e. The molecule has 17 heavy (non-hydrogen) atoms. The molecule has 4 unspecified atom stereocenters. The van der Waals surface area contributed by atoms with Gasteiger partial charge >= 0.3 is 0 Å². The average molecular weight is 242 g/mol. The number of nitrogens with one attached hydrogen (secondary N) is 1. The lowest BCUT2D eigenvalue weighted by Gasteiger charge is -2.33. The zero-order chi connectivity index (χ0) is 12.8. The number of hydrogen-bond donors (Lipinski definition) is 2. The van der Waals surface area contributed by atoms with Gasteiger partial charge in [0.15, 0.2) is 0 Å². The van der Waals surface area contributed by atoms with E-state index in [0.29, 0.717) is 25.0 Å². The summed E-state index contributed by atoms with van der Waals surface area (Å²) in [7, 11) is 1.68. The Balaban J connectivity index is 2.40. The number of hydrogen-bond acceptors (Lipinski definition) is 3. The van der Waals surface area contributed by atoms with E-state index in [1.807, 2.05) is 0 Å². The summed E-state index contributed by atoms with van der Waals surface area (Å²) in [5.41, 5.74) is 6.05. The van der Waals surface area contributed by atoms with Gasteiger partial charge in [-0.1, -0.05) is 20.3 Å². The Morgan fingerprint density at radius 3 is 2.82 bits per heavy atom. The van der Waals surface area contributed by atoms with E-state index in [0.717, 1.165) is 19.3 Å². The number of methoxy groups -OCH3 is 1. The van der Waals surface area contributed by atoms with Crippen LogP contribution in [-0.4, -0.2) is 32.2 Å². The maximum absolute atomic E-state index is 12.1. The predicted octanol–water partition coefficient (Wildman–Crippen LogP) is 1.15. The molecule has 100 valence electrons. The third-order valence-corrected chi connectivity index (χ3v) is 3.65. The predicted molar refractivity (Wildman–Crippen MR) is 68.5 cm³/mol. The van der Waals surface area contributed by atoms with Gasteiger partial charge < -0.3 is 15.8 Å². The molecule has 1 aliphatic carbocycles. The first-order chi connectivity index (χ1) is 8.06. The lowest BCUT2D eigenvalue weighted by molar-refractivity contribution is -0.128. The maximum atomic E-state index is 12.1. The van der Waals surface area contributed by atoms with Crippen LogP contribution in [-0.2, 0) is 9.53 Å². The van der Waals surface area contributed by atoms with E-state index in [-0.39, 0.29) is 17.9 Å². The molecule has 0 heterocycles. The number of carbonyl (C=O) groups excluding carboxylic acids is 1. The molecule has 1 amide bonds. The molecule has 0 aromatic rings. The molecule has 4 nitrogen and oxygen atoms in total. The molecule has 4 heteroatoms. The molecular formula is C13H26N2O2. The van der Waals surface area contributed by atoms with Crippen molar-refractivity contribution >= 4 is 5.91 Å². The molecule has 0 radical (unpaired) electrons. The molecular weight excluding hydrogens is 216 g/mol. The molecule has 0 aromatic heterocycles. The number of amides is 1. The van der Waals surface area contributed by atoms with Gasteiger partial charge in [-0.15, -0.1) is 0 Å². The second-order valence-corrected chi connectivity index (χ2v) is 5.40. The van der Waals surface area contributed by atoms with Crippen LogP contribution in [0.2, 0.25) is 0 Å². The second kappa shape index (κ2) is 6.97. The fourth-order valence-electron chi connectivity index (χ4n) is 2.65. The van der Waals surface area contributed by atoms with Gasteiger partial charge in [-0.05, 0) is 24.7 Å². The van der Waals surface area contributed by atoms with Crippen molar-refractivity contribution in [2.24, 2.45) is 23.5 Å². The van der Waals surface area contributed by atoms with Crippen molar-refractivity contribution in [2.45, 2.75) is 39.2 Å². The van der Waals surface area contributed by atoms with Gasteiger partial charge in [-0.25, -0.2) is 0 Å². The van der Waals surface area contributed by atoms with E-state index in [2.05, 4.69) is 19.2 Å². The van der Waals surface area contributed by atoms with Crippen LogP contribution in [0.15, 0.2) is 0 Å². The Morgan fingerprint density at radius 1 is 1.53 bits per heavy atom. The van der Waals surface area contributed by atoms with Crippen molar-refractivity contribution < 1.29 is 9.53 Å². The summed E-state index contributed by atoms with van der Waals surface area (Å²) in [5.74, 6) is 0.849. The van der Waals surface area contributed by atoms with Gasteiger partial charge in [-0.2, -0.15) is 0 Å². The van der Waals surface area contributed by atoms with E-state index >= 15 is 0 Å². The van der Waals surface area contributed by atoms with Gasteiger partial charge in [0.25, 0.3) is 0 Å². The molecule has 1 rings (SSSR count). The minimum absolute atomic E-state index is 0.0153. The smallest absolute Gasteiger partial charge is 0.224 e. The fourth-order valence-corrected chi connectivity index (χ4v) is 2.65. The highest BCUT2D eigenvalue weighted by Crippen LogP contribution is 2.28. The van der Waals surface area contributed by atoms with Gasteiger partial charge in [0.05, 0.1) is 12.5 Å². The van der Waals surface area contributed by atoms with Crippen LogP contribution in [0.5, 0.6) is 0 Å². The number of rotatable bonds is 5. The molecule has 0 aliphatic heterocycles. The van der Waals surface area contributed by atoms with Crippen molar-refractivity contribution in [3.63, 3.8) is 0 Å². The third kappa shape index (κ3) is 4.28. The first-order valence-corrected chi connectivity index (χ1v) is 6.58. The van der Waals surface area contributed by atoms with Crippen LogP contribution in [0, 0.1) is 17.8 Å². The zero-order valence-electron chi connectivity index (χ0n) is 11.2. The molecule has 0 aromatic carbocycles. The highest BCUT2D eigenvalue weighted by atomic mass is 16.5. The highest BCUT2D eigenvalue weighted by Gasteiger charge is 2.33. The van der Waals surface area contributed by atoms with Crippen LogP contribution < -0.4 is 11.1 Å². The first kappa shape index (κ1) is 14.5. The fraction of sp³-hybridized carbons (Fsp3) is 0.923. The largest absolute Gasteiger partial charge is 0.384 e. The van der Waals surface area contributed by atoms with Gasteiger partial charge in [-0.3, -0.25) is 4.79 Å². The lowest BCUT2D eigenvalue weighted by atomic mass is 9.76. The Bertz CT molecular complexity index is 236. The van der Waals surface area contributed by atoms with Gasteiger partial charge in [0.2, 0.25) is 5.91 Å². The monoisotopic (exact) mass is 242 g/mol. The third-order valence-electron chi connectivity index (χ3n) is 3.65. The van der Waals surface area contributed by atoms with Crippen LogP contribution in [0.25, 0.3) is 0 Å². The summed E-state index contributed by atoms with van der Waals surface area (Å²) < 4.78 is 5.05. The van der Waals surface area contributed by atoms with E-state index in [1.54, 1.807) is 7.11 Å². The summed E-state index contributed by atoms with van der Waals surface area (Å²) >= 11 is 0. The molecule has 0 saturated heterocycles. The standard InChI is InChI=1S/C13H26N2O2/c1-9(8-17-3)7-15-13(16)12-10(2)5-4-6-11(12)14/h9-12H,4-8,14H2,1-3H3,(H,15,16). The summed E-state index contributed by atoms with van der Waals surface area (Å²) in [6.07, 6.45) is 3.22. The summed E-state index contributed by atoms with van der Waals surface area (Å²) in [6.45, 7) is 5.53. The first-order valence-electron chi connectivity index (χ1n) is 6.58. The summed E-state index contributed by atoms with van der Waals surface area (Å²) in [5, 5.41) is 3.00. The number of nitrogens with two attached hydrogens (primary N) is 1. The van der Waals surface area contributed by atoms with Crippen LogP contribution in [0.3, 0.4) is 0 Å².